The van der Waals surface area contributed by atoms with Gasteiger partial charge in [0, 0.05) is 11.8 Å². The first-order chi connectivity index (χ1) is 9.71. The van der Waals surface area contributed by atoms with Gasteiger partial charge in [-0.1, -0.05) is 13.8 Å². The molecule has 0 fully saturated rings. The lowest BCUT2D eigenvalue weighted by Crippen LogP contribution is -2.12. The van der Waals surface area contributed by atoms with Crippen molar-refractivity contribution < 1.29 is 0 Å². The van der Waals surface area contributed by atoms with Crippen LogP contribution in [0.25, 0.3) is 0 Å². The van der Waals surface area contributed by atoms with Crippen molar-refractivity contribution in [3.05, 3.63) is 34.8 Å². The van der Waals surface area contributed by atoms with E-state index < -0.39 is 0 Å². The van der Waals surface area contributed by atoms with Crippen LogP contribution in [-0.4, -0.2) is 20.4 Å². The summed E-state index contributed by atoms with van der Waals surface area (Å²) in [5, 5.41) is 27.7. The number of aromatic amines is 1. The molecule has 6 heteroatoms. The Morgan fingerprint density at radius 2 is 2.15 bits per heavy atom. The van der Waals surface area contributed by atoms with Crippen molar-refractivity contribution in [3.8, 4) is 6.07 Å². The third-order valence-electron chi connectivity index (χ3n) is 3.33. The van der Waals surface area contributed by atoms with E-state index in [0.717, 1.165) is 29.7 Å². The van der Waals surface area contributed by atoms with E-state index in [0.29, 0.717) is 11.4 Å². The van der Waals surface area contributed by atoms with Crippen LogP contribution in [0.2, 0.25) is 0 Å². The lowest BCUT2D eigenvalue weighted by molar-refractivity contribution is 0.829. The van der Waals surface area contributed by atoms with Crippen molar-refractivity contribution >= 4 is 5.82 Å². The number of rotatable bonds is 5. The number of aryl methyl sites for hydroxylation is 1. The van der Waals surface area contributed by atoms with Crippen LogP contribution in [0.15, 0.2) is 12.4 Å². The smallest absolute Gasteiger partial charge is 0.167 e. The predicted molar refractivity (Wildman–Crippen MR) is 76.1 cm³/mol. The van der Waals surface area contributed by atoms with E-state index in [1.165, 1.54) is 0 Å². The van der Waals surface area contributed by atoms with Crippen molar-refractivity contribution in [2.45, 2.75) is 39.7 Å². The molecule has 6 nitrogen and oxygen atoms in total. The number of hydrogen-bond donors (Lipinski definition) is 2. The maximum Gasteiger partial charge on any atom is 0.167 e. The predicted octanol–water partition coefficient (Wildman–Crippen LogP) is 2.37. The number of nitrogens with zero attached hydrogens (tertiary/aromatic N) is 4. The monoisotopic (exact) mass is 270 g/mol. The summed E-state index contributed by atoms with van der Waals surface area (Å²) in [5.74, 6) is 0.537. The van der Waals surface area contributed by atoms with Gasteiger partial charge in [0.2, 0.25) is 0 Å². The van der Waals surface area contributed by atoms with Crippen LogP contribution >= 0.6 is 0 Å². The van der Waals surface area contributed by atoms with E-state index >= 15 is 0 Å². The molecule has 0 bridgehead atoms. The second-order valence-corrected chi connectivity index (χ2v) is 4.57. The maximum atomic E-state index is 9.42. The Balaban J connectivity index is 2.35. The lowest BCUT2D eigenvalue weighted by atomic mass is 10.0. The number of aromatic nitrogens is 4. The minimum Gasteiger partial charge on any atom is -0.361 e. The van der Waals surface area contributed by atoms with Crippen LogP contribution in [0.5, 0.6) is 0 Å². The van der Waals surface area contributed by atoms with Crippen LogP contribution in [0.3, 0.4) is 0 Å². The summed E-state index contributed by atoms with van der Waals surface area (Å²) in [6.45, 7) is 6.04. The fourth-order valence-corrected chi connectivity index (χ4v) is 2.18. The summed E-state index contributed by atoms with van der Waals surface area (Å²) in [6.07, 6.45) is 5.12. The third kappa shape index (κ3) is 2.62. The number of anilines is 1. The van der Waals surface area contributed by atoms with E-state index in [2.05, 4.69) is 31.8 Å². The zero-order valence-electron chi connectivity index (χ0n) is 11.9. The molecule has 20 heavy (non-hydrogen) atoms. The highest BCUT2D eigenvalue weighted by atomic mass is 15.2. The molecule has 0 aliphatic rings. The highest BCUT2D eigenvalue weighted by molar-refractivity contribution is 5.57. The molecule has 0 radical (unpaired) electrons. The SMILES string of the molecule is CCc1nnc(NC(C)c2cn[nH]c2)c(C#N)c1CC. The molecule has 0 amide bonds. The molecule has 2 aromatic rings. The van der Waals surface area contributed by atoms with Gasteiger partial charge < -0.3 is 5.32 Å². The minimum absolute atomic E-state index is 0.00679. The summed E-state index contributed by atoms with van der Waals surface area (Å²) in [4.78, 5) is 0. The van der Waals surface area contributed by atoms with Crippen molar-refractivity contribution in [2.24, 2.45) is 0 Å². The van der Waals surface area contributed by atoms with Gasteiger partial charge in [-0.2, -0.15) is 15.5 Å². The average molecular weight is 270 g/mol. The zero-order valence-corrected chi connectivity index (χ0v) is 11.9. The van der Waals surface area contributed by atoms with Gasteiger partial charge in [0.05, 0.1) is 17.9 Å². The van der Waals surface area contributed by atoms with Gasteiger partial charge in [0.1, 0.15) is 11.6 Å². The minimum atomic E-state index is 0.00679. The zero-order chi connectivity index (χ0) is 14.5. The first-order valence-corrected chi connectivity index (χ1v) is 6.74. The number of hydrogen-bond acceptors (Lipinski definition) is 5. The molecule has 2 rings (SSSR count). The van der Waals surface area contributed by atoms with E-state index in [1.54, 1.807) is 6.20 Å². The molecular weight excluding hydrogens is 252 g/mol. The summed E-state index contributed by atoms with van der Waals surface area (Å²) < 4.78 is 0. The standard InChI is InChI=1S/C14H18N6/c1-4-11-12(6-15)14(20-19-13(11)5-2)18-9(3)10-7-16-17-8-10/h7-9H,4-5H2,1-3H3,(H,16,17)(H,18,20). The fourth-order valence-electron chi connectivity index (χ4n) is 2.18. The number of H-pyrrole nitrogens is 1. The second kappa shape index (κ2) is 6.15. The van der Waals surface area contributed by atoms with Crippen LogP contribution in [-0.2, 0) is 12.8 Å². The van der Waals surface area contributed by atoms with E-state index in [-0.39, 0.29) is 6.04 Å². The van der Waals surface area contributed by atoms with Gasteiger partial charge in [-0.25, -0.2) is 0 Å². The molecule has 0 saturated heterocycles. The van der Waals surface area contributed by atoms with E-state index in [1.807, 2.05) is 27.0 Å². The Morgan fingerprint density at radius 1 is 1.35 bits per heavy atom. The normalized spacial score (nSPS) is 11.9. The molecule has 1 atom stereocenters. The highest BCUT2D eigenvalue weighted by Gasteiger charge is 2.16. The van der Waals surface area contributed by atoms with Crippen LogP contribution < -0.4 is 5.32 Å². The van der Waals surface area contributed by atoms with Crippen LogP contribution in [0.4, 0.5) is 5.82 Å². The molecule has 1 unspecified atom stereocenters. The summed E-state index contributed by atoms with van der Waals surface area (Å²) in [7, 11) is 0. The second-order valence-electron chi connectivity index (χ2n) is 4.57. The van der Waals surface area contributed by atoms with Crippen LogP contribution in [0.1, 0.15) is 49.2 Å². The molecule has 0 aromatic carbocycles. The Bertz CT molecular complexity index is 611. The molecule has 2 N–H and O–H groups in total. The largest absolute Gasteiger partial charge is 0.361 e. The number of nitriles is 1. The van der Waals surface area contributed by atoms with E-state index in [9.17, 15) is 5.26 Å². The van der Waals surface area contributed by atoms with Gasteiger partial charge in [-0.05, 0) is 25.3 Å². The van der Waals surface area contributed by atoms with Crippen LogP contribution in [0, 0.1) is 11.3 Å². The molecule has 2 aromatic heterocycles. The van der Waals surface area contributed by atoms with E-state index in [4.69, 9.17) is 0 Å². The third-order valence-corrected chi connectivity index (χ3v) is 3.33. The van der Waals surface area contributed by atoms with Gasteiger partial charge in [-0.3, -0.25) is 5.10 Å². The maximum absolute atomic E-state index is 9.42. The molecule has 0 spiro atoms. The van der Waals surface area contributed by atoms with Gasteiger partial charge in [0.25, 0.3) is 0 Å². The summed E-state index contributed by atoms with van der Waals surface area (Å²) in [6, 6.07) is 2.26. The topological polar surface area (TPSA) is 90.3 Å². The summed E-state index contributed by atoms with van der Waals surface area (Å²) in [5.41, 5.74) is 3.47. The van der Waals surface area contributed by atoms with Gasteiger partial charge in [-0.15, -0.1) is 5.10 Å². The first-order valence-electron chi connectivity index (χ1n) is 6.74. The molecular formula is C14H18N6. The molecule has 2 heterocycles. The molecule has 0 aliphatic heterocycles. The lowest BCUT2D eigenvalue weighted by Gasteiger charge is -2.16. The van der Waals surface area contributed by atoms with Crippen molar-refractivity contribution in [1.82, 2.24) is 20.4 Å². The molecule has 0 saturated carbocycles. The Kier molecular flexibility index (Phi) is 4.31. The Morgan fingerprint density at radius 3 is 2.70 bits per heavy atom. The highest BCUT2D eigenvalue weighted by Crippen LogP contribution is 2.23. The quantitative estimate of drug-likeness (QED) is 0.870. The fraction of sp³-hybridized carbons (Fsp3) is 0.429. The molecule has 104 valence electrons. The van der Waals surface area contributed by atoms with Crippen molar-refractivity contribution in [3.63, 3.8) is 0 Å². The summed E-state index contributed by atoms with van der Waals surface area (Å²) >= 11 is 0. The van der Waals surface area contributed by atoms with Gasteiger partial charge >= 0.3 is 0 Å². The van der Waals surface area contributed by atoms with Crippen molar-refractivity contribution in [1.29, 1.82) is 5.26 Å². The average Bonchev–Trinajstić information content (AvgIpc) is 3.00. The van der Waals surface area contributed by atoms with Gasteiger partial charge in [0.15, 0.2) is 5.82 Å². The Labute approximate surface area is 118 Å². The number of nitrogens with one attached hydrogen (secondary N) is 2. The van der Waals surface area contributed by atoms with Crippen molar-refractivity contribution in [2.75, 3.05) is 5.32 Å². The Hall–Kier alpha value is -2.42. The molecule has 0 aliphatic carbocycles. The first kappa shape index (κ1) is 14.0.